The minimum Gasteiger partial charge on any atom is -0.422 e. The lowest BCUT2D eigenvalue weighted by Gasteiger charge is -2.18. The number of carbonyl (C=O) groups excluding carboxylic acids is 1. The quantitative estimate of drug-likeness (QED) is 0.586. The minimum atomic E-state index is -0.309. The molecule has 0 aromatic heterocycles. The van der Waals surface area contributed by atoms with Crippen LogP contribution in [-0.4, -0.2) is 24.0 Å². The highest BCUT2D eigenvalue weighted by Gasteiger charge is 2.12. The summed E-state index contributed by atoms with van der Waals surface area (Å²) < 4.78 is 5.58. The van der Waals surface area contributed by atoms with Gasteiger partial charge in [0.25, 0.3) is 0 Å². The van der Waals surface area contributed by atoms with Gasteiger partial charge in [-0.2, -0.15) is 0 Å². The Kier molecular flexibility index (Phi) is 5.94. The van der Waals surface area contributed by atoms with Gasteiger partial charge in [-0.1, -0.05) is 44.2 Å². The van der Waals surface area contributed by atoms with Crippen LogP contribution in [0.15, 0.2) is 42.5 Å². The van der Waals surface area contributed by atoms with E-state index in [1.54, 1.807) is 0 Å². The monoisotopic (exact) mass is 311 g/mol. The molecule has 0 heterocycles. The summed E-state index contributed by atoms with van der Waals surface area (Å²) in [6, 6.07) is 13.5. The van der Waals surface area contributed by atoms with Crippen molar-refractivity contribution in [3.8, 4) is 5.75 Å². The minimum absolute atomic E-state index is 0.309. The molecule has 0 bridgehead atoms. The standard InChI is InChI=1S/C20H25NO2/c1-5-21(6-2)14-17-10-12-18(13-11-17)20(22)23-19-15(3)8-7-9-16(19)4/h7-13H,5-6,14H2,1-4H3. The largest absolute Gasteiger partial charge is 0.422 e. The van der Waals surface area contributed by atoms with Crippen LogP contribution in [0.1, 0.15) is 40.9 Å². The van der Waals surface area contributed by atoms with Crippen LogP contribution in [0, 0.1) is 13.8 Å². The summed E-state index contributed by atoms with van der Waals surface area (Å²) >= 11 is 0. The summed E-state index contributed by atoms with van der Waals surface area (Å²) in [5.74, 6) is 0.349. The van der Waals surface area contributed by atoms with Crippen molar-refractivity contribution in [2.45, 2.75) is 34.2 Å². The Bertz CT molecular complexity index is 638. The highest BCUT2D eigenvalue weighted by molar-refractivity contribution is 5.91. The van der Waals surface area contributed by atoms with Crippen molar-refractivity contribution in [1.29, 1.82) is 0 Å². The van der Waals surface area contributed by atoms with Crippen molar-refractivity contribution in [3.63, 3.8) is 0 Å². The molecule has 3 heteroatoms. The van der Waals surface area contributed by atoms with E-state index < -0.39 is 0 Å². The van der Waals surface area contributed by atoms with E-state index >= 15 is 0 Å². The molecule has 0 unspecified atom stereocenters. The van der Waals surface area contributed by atoms with Crippen molar-refractivity contribution in [2.24, 2.45) is 0 Å². The van der Waals surface area contributed by atoms with Crippen LogP contribution in [0.3, 0.4) is 0 Å². The molecule has 0 spiro atoms. The Morgan fingerprint density at radius 1 is 0.957 bits per heavy atom. The van der Waals surface area contributed by atoms with Crippen LogP contribution in [0.4, 0.5) is 0 Å². The van der Waals surface area contributed by atoms with Crippen LogP contribution in [0.2, 0.25) is 0 Å². The van der Waals surface area contributed by atoms with E-state index in [0.717, 1.165) is 30.8 Å². The molecule has 0 N–H and O–H groups in total. The molecule has 122 valence electrons. The fourth-order valence-corrected chi connectivity index (χ4v) is 2.56. The SMILES string of the molecule is CCN(CC)Cc1ccc(C(=O)Oc2c(C)cccc2C)cc1. The molecule has 3 nitrogen and oxygen atoms in total. The van der Waals surface area contributed by atoms with E-state index in [-0.39, 0.29) is 5.97 Å². The number of esters is 1. The number of ether oxygens (including phenoxy) is 1. The summed E-state index contributed by atoms with van der Waals surface area (Å²) in [7, 11) is 0. The van der Waals surface area contributed by atoms with Gasteiger partial charge in [0.2, 0.25) is 0 Å². The van der Waals surface area contributed by atoms with Gasteiger partial charge >= 0.3 is 5.97 Å². The van der Waals surface area contributed by atoms with Crippen molar-refractivity contribution in [2.75, 3.05) is 13.1 Å². The van der Waals surface area contributed by atoms with Gasteiger partial charge in [0.15, 0.2) is 0 Å². The van der Waals surface area contributed by atoms with Crippen LogP contribution < -0.4 is 4.74 Å². The first-order valence-corrected chi connectivity index (χ1v) is 8.14. The summed E-state index contributed by atoms with van der Waals surface area (Å²) in [5, 5.41) is 0. The fraction of sp³-hybridized carbons (Fsp3) is 0.350. The molecule has 2 aromatic rings. The van der Waals surface area contributed by atoms with Crippen molar-refractivity contribution < 1.29 is 9.53 Å². The molecular formula is C20H25NO2. The van der Waals surface area contributed by atoms with Gasteiger partial charge < -0.3 is 4.74 Å². The zero-order valence-corrected chi connectivity index (χ0v) is 14.4. The Labute approximate surface area is 138 Å². The second-order valence-electron chi connectivity index (χ2n) is 5.77. The lowest BCUT2D eigenvalue weighted by Crippen LogP contribution is -2.22. The summed E-state index contributed by atoms with van der Waals surface area (Å²) in [6.45, 7) is 11.1. The third-order valence-corrected chi connectivity index (χ3v) is 4.09. The molecule has 0 radical (unpaired) electrons. The highest BCUT2D eigenvalue weighted by Crippen LogP contribution is 2.23. The van der Waals surface area contributed by atoms with Crippen LogP contribution in [-0.2, 0) is 6.54 Å². The van der Waals surface area contributed by atoms with Gasteiger partial charge in [0, 0.05) is 6.54 Å². The van der Waals surface area contributed by atoms with Crippen molar-refractivity contribution in [3.05, 3.63) is 64.7 Å². The van der Waals surface area contributed by atoms with E-state index in [1.807, 2.05) is 56.3 Å². The highest BCUT2D eigenvalue weighted by atomic mass is 16.5. The van der Waals surface area contributed by atoms with Crippen molar-refractivity contribution in [1.82, 2.24) is 4.90 Å². The number of carbonyl (C=O) groups is 1. The number of hydrogen-bond acceptors (Lipinski definition) is 3. The number of nitrogens with zero attached hydrogens (tertiary/aromatic N) is 1. The van der Waals surface area contributed by atoms with Crippen molar-refractivity contribution >= 4 is 5.97 Å². The molecular weight excluding hydrogens is 286 g/mol. The van der Waals surface area contributed by atoms with Gasteiger partial charge in [-0.05, 0) is 55.8 Å². The maximum absolute atomic E-state index is 12.3. The zero-order chi connectivity index (χ0) is 16.8. The van der Waals surface area contributed by atoms with E-state index in [1.165, 1.54) is 5.56 Å². The van der Waals surface area contributed by atoms with Crippen LogP contribution in [0.5, 0.6) is 5.75 Å². The number of rotatable bonds is 6. The van der Waals surface area contributed by atoms with Gasteiger partial charge in [-0.3, -0.25) is 4.90 Å². The van der Waals surface area contributed by atoms with Gasteiger partial charge in [-0.25, -0.2) is 4.79 Å². The number of hydrogen-bond donors (Lipinski definition) is 0. The maximum Gasteiger partial charge on any atom is 0.343 e. The lowest BCUT2D eigenvalue weighted by molar-refractivity contribution is 0.0732. The van der Waals surface area contributed by atoms with E-state index in [0.29, 0.717) is 11.3 Å². The maximum atomic E-state index is 12.3. The summed E-state index contributed by atoms with van der Waals surface area (Å²) in [5.41, 5.74) is 3.72. The predicted octanol–water partition coefficient (Wildman–Crippen LogP) is 4.36. The first kappa shape index (κ1) is 17.2. The van der Waals surface area contributed by atoms with Crippen LogP contribution in [0.25, 0.3) is 0 Å². The number of benzene rings is 2. The molecule has 0 aliphatic heterocycles. The Morgan fingerprint density at radius 2 is 1.52 bits per heavy atom. The molecule has 0 aliphatic carbocycles. The predicted molar refractivity (Wildman–Crippen MR) is 93.9 cm³/mol. The number of aryl methyl sites for hydroxylation is 2. The second kappa shape index (κ2) is 7.93. The average molecular weight is 311 g/mol. The third-order valence-electron chi connectivity index (χ3n) is 4.09. The molecule has 0 fully saturated rings. The molecule has 0 saturated heterocycles. The smallest absolute Gasteiger partial charge is 0.343 e. The van der Waals surface area contributed by atoms with E-state index in [9.17, 15) is 4.79 Å². The zero-order valence-electron chi connectivity index (χ0n) is 14.4. The lowest BCUT2D eigenvalue weighted by atomic mass is 10.1. The molecule has 2 rings (SSSR count). The topological polar surface area (TPSA) is 29.5 Å². The molecule has 2 aromatic carbocycles. The normalized spacial score (nSPS) is 10.8. The fourth-order valence-electron chi connectivity index (χ4n) is 2.56. The molecule has 23 heavy (non-hydrogen) atoms. The molecule has 0 atom stereocenters. The number of para-hydroxylation sites is 1. The Balaban J connectivity index is 2.08. The van der Waals surface area contributed by atoms with Gasteiger partial charge in [0.05, 0.1) is 5.56 Å². The van der Waals surface area contributed by atoms with Gasteiger partial charge in [0.1, 0.15) is 5.75 Å². The first-order chi connectivity index (χ1) is 11.0. The van der Waals surface area contributed by atoms with E-state index in [4.69, 9.17) is 4.74 Å². The van der Waals surface area contributed by atoms with E-state index in [2.05, 4.69) is 18.7 Å². The molecule has 0 aliphatic rings. The first-order valence-electron chi connectivity index (χ1n) is 8.14. The average Bonchev–Trinajstić information content (AvgIpc) is 2.56. The third kappa shape index (κ3) is 4.42. The molecule has 0 amide bonds. The second-order valence-corrected chi connectivity index (χ2v) is 5.77. The molecule has 0 saturated carbocycles. The Hall–Kier alpha value is -2.13. The Morgan fingerprint density at radius 3 is 2.04 bits per heavy atom. The summed E-state index contributed by atoms with van der Waals surface area (Å²) in [6.07, 6.45) is 0. The van der Waals surface area contributed by atoms with Crippen LogP contribution >= 0.6 is 0 Å². The van der Waals surface area contributed by atoms with Gasteiger partial charge in [-0.15, -0.1) is 0 Å². The summed E-state index contributed by atoms with van der Waals surface area (Å²) in [4.78, 5) is 14.7.